The van der Waals surface area contributed by atoms with Gasteiger partial charge in [0.25, 0.3) is 0 Å². The van der Waals surface area contributed by atoms with Crippen molar-refractivity contribution in [1.29, 1.82) is 0 Å². The number of carbonyl (C=O) groups excluding carboxylic acids is 1. The standard InChI is InChI=1S/C22H24ClF3N2O3S/c1-14-10-15(2)12-17(11-14)27(3)21(29)16-6-8-28(9-7-16)32(30,31)18-4-5-20(23)19(13-18)22(24,25)26/h4-5,10-13,16H,6-9H2,1-3H3. The van der Waals surface area contributed by atoms with E-state index >= 15 is 0 Å². The quantitative estimate of drug-likeness (QED) is 0.606. The molecular formula is C22H24ClF3N2O3S. The molecule has 1 aliphatic heterocycles. The van der Waals surface area contributed by atoms with E-state index in [1.807, 2.05) is 32.0 Å². The summed E-state index contributed by atoms with van der Waals surface area (Å²) in [6.45, 7) is 3.98. The number of anilines is 1. The molecule has 1 fully saturated rings. The molecule has 0 radical (unpaired) electrons. The van der Waals surface area contributed by atoms with Crippen LogP contribution in [-0.4, -0.2) is 38.8 Å². The summed E-state index contributed by atoms with van der Waals surface area (Å²) in [4.78, 5) is 14.1. The number of halogens is 4. The summed E-state index contributed by atoms with van der Waals surface area (Å²) < 4.78 is 66.3. The van der Waals surface area contributed by atoms with Gasteiger partial charge in [-0.2, -0.15) is 17.5 Å². The van der Waals surface area contributed by atoms with Gasteiger partial charge in [0.2, 0.25) is 15.9 Å². The fourth-order valence-corrected chi connectivity index (χ4v) is 5.64. The molecule has 0 aliphatic carbocycles. The maximum atomic E-state index is 13.1. The van der Waals surface area contributed by atoms with Gasteiger partial charge in [-0.05, 0) is 68.1 Å². The van der Waals surface area contributed by atoms with Crippen LogP contribution in [0.2, 0.25) is 5.02 Å². The van der Waals surface area contributed by atoms with Crippen molar-refractivity contribution < 1.29 is 26.4 Å². The number of carbonyl (C=O) groups is 1. The third-order valence-electron chi connectivity index (χ3n) is 5.61. The zero-order valence-electron chi connectivity index (χ0n) is 17.9. The minimum absolute atomic E-state index is 0.0450. The van der Waals surface area contributed by atoms with Gasteiger partial charge in [0.15, 0.2) is 0 Å². The molecule has 0 aromatic heterocycles. The maximum Gasteiger partial charge on any atom is 0.417 e. The first kappa shape index (κ1) is 24.5. The van der Waals surface area contributed by atoms with E-state index < -0.39 is 31.7 Å². The predicted molar refractivity (Wildman–Crippen MR) is 117 cm³/mol. The number of hydrogen-bond donors (Lipinski definition) is 0. The van der Waals surface area contributed by atoms with E-state index in [0.717, 1.165) is 33.3 Å². The summed E-state index contributed by atoms with van der Waals surface area (Å²) in [5.74, 6) is -0.485. The molecule has 0 unspecified atom stereocenters. The molecule has 0 atom stereocenters. The fraction of sp³-hybridized carbons (Fsp3) is 0.409. The van der Waals surface area contributed by atoms with Crippen LogP contribution in [0.3, 0.4) is 0 Å². The molecule has 0 N–H and O–H groups in total. The van der Waals surface area contributed by atoms with Crippen molar-refractivity contribution in [3.8, 4) is 0 Å². The molecular weight excluding hydrogens is 465 g/mol. The number of sulfonamides is 1. The van der Waals surface area contributed by atoms with Gasteiger partial charge in [-0.1, -0.05) is 17.7 Å². The average molecular weight is 489 g/mol. The predicted octanol–water partition coefficient (Wildman–Crippen LogP) is 5.04. The highest BCUT2D eigenvalue weighted by atomic mass is 35.5. The molecule has 1 heterocycles. The van der Waals surface area contributed by atoms with Crippen LogP contribution in [0.25, 0.3) is 0 Å². The third-order valence-corrected chi connectivity index (χ3v) is 7.83. The van der Waals surface area contributed by atoms with E-state index in [-0.39, 0.29) is 37.8 Å². The van der Waals surface area contributed by atoms with Gasteiger partial charge in [-0.25, -0.2) is 8.42 Å². The molecule has 2 aromatic carbocycles. The van der Waals surface area contributed by atoms with Gasteiger partial charge in [-0.3, -0.25) is 4.79 Å². The number of amides is 1. The first-order chi connectivity index (χ1) is 14.8. The SMILES string of the molecule is Cc1cc(C)cc(N(C)C(=O)C2CCN(S(=O)(=O)c3ccc(Cl)c(C(F)(F)F)c3)CC2)c1. The van der Waals surface area contributed by atoms with Crippen molar-refractivity contribution in [3.05, 3.63) is 58.1 Å². The Balaban J connectivity index is 1.73. The average Bonchev–Trinajstić information content (AvgIpc) is 2.71. The van der Waals surface area contributed by atoms with Gasteiger partial charge in [0.05, 0.1) is 15.5 Å². The lowest BCUT2D eigenvalue weighted by Gasteiger charge is -2.32. The highest BCUT2D eigenvalue weighted by molar-refractivity contribution is 7.89. The monoisotopic (exact) mass is 488 g/mol. The second-order valence-corrected chi connectivity index (χ2v) is 10.4. The second-order valence-electron chi connectivity index (χ2n) is 8.06. The Morgan fingerprint density at radius 1 is 1.06 bits per heavy atom. The summed E-state index contributed by atoms with van der Waals surface area (Å²) in [5, 5.41) is -0.560. The van der Waals surface area contributed by atoms with Crippen LogP contribution in [0, 0.1) is 19.8 Å². The molecule has 5 nitrogen and oxygen atoms in total. The Labute approximate surface area is 190 Å². The summed E-state index contributed by atoms with van der Waals surface area (Å²) >= 11 is 5.60. The number of aryl methyl sites for hydroxylation is 2. The number of hydrogen-bond acceptors (Lipinski definition) is 3. The van der Waals surface area contributed by atoms with Crippen molar-refractivity contribution in [3.63, 3.8) is 0 Å². The van der Waals surface area contributed by atoms with Crippen LogP contribution in [-0.2, 0) is 21.0 Å². The van der Waals surface area contributed by atoms with Crippen molar-refractivity contribution in [2.75, 3.05) is 25.0 Å². The van der Waals surface area contributed by atoms with Crippen molar-refractivity contribution in [1.82, 2.24) is 4.31 Å². The third kappa shape index (κ3) is 5.10. The largest absolute Gasteiger partial charge is 0.417 e. The number of rotatable bonds is 4. The molecule has 1 aliphatic rings. The Morgan fingerprint density at radius 3 is 2.16 bits per heavy atom. The van der Waals surface area contributed by atoms with Crippen molar-refractivity contribution >= 4 is 33.2 Å². The van der Waals surface area contributed by atoms with Gasteiger partial charge < -0.3 is 4.90 Å². The highest BCUT2D eigenvalue weighted by Gasteiger charge is 2.37. The Hall–Kier alpha value is -2.10. The number of piperidine rings is 1. The molecule has 32 heavy (non-hydrogen) atoms. The van der Waals surface area contributed by atoms with E-state index in [1.165, 1.54) is 0 Å². The summed E-state index contributed by atoms with van der Waals surface area (Å²) in [6.07, 6.45) is -4.19. The van der Waals surface area contributed by atoms with Crippen LogP contribution in [0.4, 0.5) is 18.9 Å². The van der Waals surface area contributed by atoms with Gasteiger partial charge >= 0.3 is 6.18 Å². The number of nitrogens with zero attached hydrogens (tertiary/aromatic N) is 2. The molecule has 0 bridgehead atoms. The minimum Gasteiger partial charge on any atom is -0.315 e. The number of alkyl halides is 3. The first-order valence-electron chi connectivity index (χ1n) is 10.0. The van der Waals surface area contributed by atoms with Crippen LogP contribution in [0.5, 0.6) is 0 Å². The lowest BCUT2D eigenvalue weighted by Crippen LogP contribution is -2.43. The van der Waals surface area contributed by atoms with E-state index in [4.69, 9.17) is 11.6 Å². The lowest BCUT2D eigenvalue weighted by molar-refractivity contribution is -0.137. The fourth-order valence-electron chi connectivity index (χ4n) is 3.92. The van der Waals surface area contributed by atoms with Gasteiger partial charge in [0, 0.05) is 31.7 Å². The molecule has 1 amide bonds. The minimum atomic E-state index is -4.76. The molecule has 2 aromatic rings. The zero-order chi connectivity index (χ0) is 23.8. The summed E-state index contributed by atoms with van der Waals surface area (Å²) in [6, 6.07) is 8.38. The smallest absolute Gasteiger partial charge is 0.315 e. The van der Waals surface area contributed by atoms with Crippen LogP contribution >= 0.6 is 11.6 Å². The molecule has 174 valence electrons. The topological polar surface area (TPSA) is 57.7 Å². The first-order valence-corrected chi connectivity index (χ1v) is 11.9. The van der Waals surface area contributed by atoms with E-state index in [0.29, 0.717) is 6.07 Å². The summed E-state index contributed by atoms with van der Waals surface area (Å²) in [5.41, 5.74) is 1.63. The van der Waals surface area contributed by atoms with Crippen LogP contribution in [0.15, 0.2) is 41.3 Å². The lowest BCUT2D eigenvalue weighted by atomic mass is 9.96. The number of benzene rings is 2. The van der Waals surface area contributed by atoms with Crippen LogP contribution in [0.1, 0.15) is 29.5 Å². The summed E-state index contributed by atoms with van der Waals surface area (Å²) in [7, 11) is -2.46. The van der Waals surface area contributed by atoms with Gasteiger partial charge in [-0.15, -0.1) is 0 Å². The maximum absolute atomic E-state index is 13.1. The normalized spacial score (nSPS) is 16.2. The Morgan fingerprint density at radius 2 is 1.62 bits per heavy atom. The van der Waals surface area contributed by atoms with Gasteiger partial charge in [0.1, 0.15) is 0 Å². The molecule has 1 saturated heterocycles. The van der Waals surface area contributed by atoms with Crippen LogP contribution < -0.4 is 4.90 Å². The molecule has 0 saturated carbocycles. The highest BCUT2D eigenvalue weighted by Crippen LogP contribution is 2.37. The Kier molecular flexibility index (Phi) is 6.93. The second kappa shape index (κ2) is 9.03. The van der Waals surface area contributed by atoms with E-state index in [2.05, 4.69) is 0 Å². The molecule has 3 rings (SSSR count). The van der Waals surface area contributed by atoms with E-state index in [9.17, 15) is 26.4 Å². The molecule has 10 heteroatoms. The van der Waals surface area contributed by atoms with E-state index in [1.54, 1.807) is 11.9 Å². The van der Waals surface area contributed by atoms with Crippen molar-refractivity contribution in [2.24, 2.45) is 5.92 Å². The van der Waals surface area contributed by atoms with Crippen molar-refractivity contribution in [2.45, 2.75) is 37.8 Å². The zero-order valence-corrected chi connectivity index (χ0v) is 19.5. The Bertz CT molecular complexity index is 1110. The molecule has 0 spiro atoms.